The van der Waals surface area contributed by atoms with Crippen molar-refractivity contribution < 1.29 is 0 Å². The largest absolute Gasteiger partial charge is 0.342 e. The van der Waals surface area contributed by atoms with Crippen molar-refractivity contribution in [3.63, 3.8) is 0 Å². The topological polar surface area (TPSA) is 9.86 Å². The van der Waals surface area contributed by atoms with E-state index < -0.39 is 8.40 Å². The molecular formula is C36H28N2Si. The summed E-state index contributed by atoms with van der Waals surface area (Å²) in [5.41, 5.74) is 10.2. The Labute approximate surface area is 229 Å². The first-order valence-corrected chi connectivity index (χ1v) is 15.5. The summed E-state index contributed by atoms with van der Waals surface area (Å²) in [4.78, 5) is 0. The highest BCUT2D eigenvalue weighted by molar-refractivity contribution is 7.01. The quantitative estimate of drug-likeness (QED) is 0.210. The molecule has 0 spiro atoms. The molecule has 0 unspecified atom stereocenters. The predicted octanol–water partition coefficient (Wildman–Crippen LogP) is 7.51. The van der Waals surface area contributed by atoms with E-state index in [1.165, 1.54) is 65.8 Å². The fourth-order valence-electron chi connectivity index (χ4n) is 6.69. The molecule has 0 fully saturated rings. The average Bonchev–Trinajstić information content (AvgIpc) is 3.53. The summed E-state index contributed by atoms with van der Waals surface area (Å²) in [5, 5.41) is 5.29. The molecule has 1 aliphatic rings. The Balaban J connectivity index is 1.70. The average molecular weight is 517 g/mol. The van der Waals surface area contributed by atoms with Crippen LogP contribution in [-0.4, -0.2) is 16.9 Å². The van der Waals surface area contributed by atoms with Crippen LogP contribution in [-0.2, 0) is 0 Å². The van der Waals surface area contributed by atoms with Gasteiger partial charge in [0, 0.05) is 33.5 Å². The van der Waals surface area contributed by atoms with Crippen molar-refractivity contribution >= 4 is 40.6 Å². The molecule has 39 heavy (non-hydrogen) atoms. The van der Waals surface area contributed by atoms with E-state index in [4.69, 9.17) is 0 Å². The van der Waals surface area contributed by atoms with Crippen molar-refractivity contribution in [1.82, 2.24) is 8.47 Å². The normalized spacial score (nSPS) is 13.6. The molecule has 7 aromatic rings. The number of nitrogens with zero attached hydrogens (tertiary/aromatic N) is 2. The van der Waals surface area contributed by atoms with Gasteiger partial charge in [0.1, 0.15) is 0 Å². The van der Waals surface area contributed by atoms with Gasteiger partial charge in [0.25, 0.3) is 0 Å². The van der Waals surface area contributed by atoms with Crippen LogP contribution < -0.4 is 10.4 Å². The SMILES string of the molecule is Cc1ccc([Si]2(c3ccc(C)cc3)n3c(cc4ccccc43)-c3ccccc3-c3cc4ccccc4n32)cc1. The van der Waals surface area contributed by atoms with Crippen LogP contribution in [0.15, 0.2) is 133 Å². The Morgan fingerprint density at radius 2 is 0.821 bits per heavy atom. The Hall–Kier alpha value is -4.60. The fraction of sp³-hybridized carbons (Fsp3) is 0.0556. The molecule has 0 aliphatic carbocycles. The minimum atomic E-state index is -2.96. The minimum Gasteiger partial charge on any atom is -0.342 e. The molecule has 0 atom stereocenters. The fourth-order valence-corrected chi connectivity index (χ4v) is 11.7. The van der Waals surface area contributed by atoms with E-state index >= 15 is 0 Å². The second-order valence-corrected chi connectivity index (χ2v) is 14.2. The smallest absolute Gasteiger partial charge is 0.340 e. The van der Waals surface area contributed by atoms with Gasteiger partial charge in [0.2, 0.25) is 0 Å². The van der Waals surface area contributed by atoms with E-state index in [1.54, 1.807) is 0 Å². The van der Waals surface area contributed by atoms with Crippen molar-refractivity contribution in [2.24, 2.45) is 0 Å². The zero-order chi connectivity index (χ0) is 26.1. The number of aromatic nitrogens is 2. The molecule has 3 heteroatoms. The van der Waals surface area contributed by atoms with Crippen molar-refractivity contribution in [3.8, 4) is 22.5 Å². The van der Waals surface area contributed by atoms with Gasteiger partial charge in [0.05, 0.1) is 0 Å². The van der Waals surface area contributed by atoms with Gasteiger partial charge in [-0.1, -0.05) is 120 Å². The molecule has 8 rings (SSSR count). The summed E-state index contributed by atoms with van der Waals surface area (Å²) in [5.74, 6) is 0. The van der Waals surface area contributed by atoms with Crippen molar-refractivity contribution in [1.29, 1.82) is 0 Å². The number of para-hydroxylation sites is 2. The second kappa shape index (κ2) is 8.20. The minimum absolute atomic E-state index is 1.28. The maximum Gasteiger partial charge on any atom is 0.340 e. The predicted molar refractivity (Wildman–Crippen MR) is 166 cm³/mol. The molecule has 0 saturated heterocycles. The van der Waals surface area contributed by atoms with Gasteiger partial charge in [0.15, 0.2) is 0 Å². The summed E-state index contributed by atoms with van der Waals surface area (Å²) >= 11 is 0. The van der Waals surface area contributed by atoms with Crippen molar-refractivity contribution in [3.05, 3.63) is 145 Å². The van der Waals surface area contributed by atoms with Gasteiger partial charge < -0.3 is 8.47 Å². The Kier molecular flexibility index (Phi) is 4.70. The molecule has 3 heterocycles. The van der Waals surface area contributed by atoms with Crippen LogP contribution in [0.5, 0.6) is 0 Å². The molecule has 0 N–H and O–H groups in total. The maximum absolute atomic E-state index is 2.96. The number of rotatable bonds is 2. The summed E-state index contributed by atoms with van der Waals surface area (Å²) in [6.45, 7) is 4.36. The van der Waals surface area contributed by atoms with Crippen molar-refractivity contribution in [2.45, 2.75) is 13.8 Å². The summed E-state index contributed by atoms with van der Waals surface area (Å²) in [7, 11) is -2.96. The van der Waals surface area contributed by atoms with Gasteiger partial charge in [-0.2, -0.15) is 0 Å². The molecular weight excluding hydrogens is 488 g/mol. The Morgan fingerprint density at radius 3 is 1.26 bits per heavy atom. The zero-order valence-corrected chi connectivity index (χ0v) is 23.1. The Bertz CT molecular complexity index is 1880. The van der Waals surface area contributed by atoms with Crippen LogP contribution in [0.25, 0.3) is 44.3 Å². The number of benzene rings is 5. The molecule has 0 amide bonds. The van der Waals surface area contributed by atoms with Gasteiger partial charge in [-0.05, 0) is 59.3 Å². The lowest BCUT2D eigenvalue weighted by molar-refractivity contribution is 1.12. The lowest BCUT2D eigenvalue weighted by Crippen LogP contribution is -2.69. The van der Waals surface area contributed by atoms with Gasteiger partial charge in [-0.3, -0.25) is 0 Å². The van der Waals surface area contributed by atoms with Crippen LogP contribution in [0.4, 0.5) is 0 Å². The van der Waals surface area contributed by atoms with Gasteiger partial charge in [-0.15, -0.1) is 0 Å². The molecule has 186 valence electrons. The molecule has 2 aromatic heterocycles. The Morgan fingerprint density at radius 1 is 0.436 bits per heavy atom. The summed E-state index contributed by atoms with van der Waals surface area (Å²) in [6.07, 6.45) is 0. The van der Waals surface area contributed by atoms with E-state index in [0.29, 0.717) is 0 Å². The second-order valence-electron chi connectivity index (χ2n) is 10.8. The third-order valence-electron chi connectivity index (χ3n) is 8.46. The highest BCUT2D eigenvalue weighted by Crippen LogP contribution is 2.44. The monoisotopic (exact) mass is 516 g/mol. The van der Waals surface area contributed by atoms with Gasteiger partial charge >= 0.3 is 8.40 Å². The molecule has 2 nitrogen and oxygen atoms in total. The molecule has 0 saturated carbocycles. The lowest BCUT2D eigenvalue weighted by Gasteiger charge is -2.38. The van der Waals surface area contributed by atoms with Crippen LogP contribution in [0.2, 0.25) is 0 Å². The standard InChI is InChI=1S/C36H28N2Si/c1-25-15-19-29(20-16-25)39(30-21-17-26(2)18-22-30)37-33-13-7-3-9-27(33)23-35(37)31-11-5-6-12-32(31)36-24-28-10-4-8-14-34(28)38(36)39/h3-24H,1-2H3. The highest BCUT2D eigenvalue weighted by atomic mass is 28.3. The number of aryl methyl sites for hydroxylation is 2. The summed E-state index contributed by atoms with van der Waals surface area (Å²) in [6, 6.07) is 50.3. The van der Waals surface area contributed by atoms with Crippen LogP contribution in [0, 0.1) is 13.8 Å². The van der Waals surface area contributed by atoms with Gasteiger partial charge in [-0.25, -0.2) is 0 Å². The third-order valence-corrected chi connectivity index (χ3v) is 13.0. The highest BCUT2D eigenvalue weighted by Gasteiger charge is 2.49. The first-order valence-electron chi connectivity index (χ1n) is 13.6. The molecule has 0 bridgehead atoms. The number of fused-ring (bicyclic) bond motifs is 9. The van der Waals surface area contributed by atoms with Crippen LogP contribution >= 0.6 is 0 Å². The van der Waals surface area contributed by atoms with E-state index in [2.05, 4.69) is 156 Å². The molecule has 1 aliphatic heterocycles. The number of hydrogen-bond donors (Lipinski definition) is 0. The van der Waals surface area contributed by atoms with E-state index in [-0.39, 0.29) is 0 Å². The maximum atomic E-state index is 2.74. The first-order chi connectivity index (χ1) is 19.2. The van der Waals surface area contributed by atoms with Crippen LogP contribution in [0.3, 0.4) is 0 Å². The molecule has 5 aromatic carbocycles. The number of hydrogen-bond acceptors (Lipinski definition) is 0. The third kappa shape index (κ3) is 3.02. The first kappa shape index (κ1) is 22.4. The van der Waals surface area contributed by atoms with E-state index in [9.17, 15) is 0 Å². The molecule has 0 radical (unpaired) electrons. The zero-order valence-electron chi connectivity index (χ0n) is 22.1. The van der Waals surface area contributed by atoms with E-state index in [1.807, 2.05) is 0 Å². The lowest BCUT2D eigenvalue weighted by atomic mass is 10.0. The van der Waals surface area contributed by atoms with Crippen molar-refractivity contribution in [2.75, 3.05) is 0 Å². The van der Waals surface area contributed by atoms with E-state index in [0.717, 1.165) is 0 Å². The summed E-state index contributed by atoms with van der Waals surface area (Å²) < 4.78 is 5.47. The van der Waals surface area contributed by atoms with Crippen LogP contribution in [0.1, 0.15) is 11.1 Å².